The normalized spacial score (nSPS) is 32.5. The summed E-state index contributed by atoms with van der Waals surface area (Å²) in [5.41, 5.74) is 3.85. The number of hydrogen-bond acceptors (Lipinski definition) is 15. The molecule has 59 heavy (non-hydrogen) atoms. The second kappa shape index (κ2) is 23.0. The number of ether oxygens (including phenoxy) is 5. The van der Waals surface area contributed by atoms with E-state index >= 15 is 0 Å². The van der Waals surface area contributed by atoms with Gasteiger partial charge in [-0.15, -0.1) is 0 Å². The zero-order valence-electron chi connectivity index (χ0n) is 34.4. The summed E-state index contributed by atoms with van der Waals surface area (Å²) in [6.45, 7) is 13.8. The Balaban J connectivity index is 1.55. The maximum absolute atomic E-state index is 13.3. The van der Waals surface area contributed by atoms with Crippen LogP contribution in [0, 0.1) is 5.41 Å². The van der Waals surface area contributed by atoms with Gasteiger partial charge in [-0.1, -0.05) is 110 Å². The van der Waals surface area contributed by atoms with Gasteiger partial charge in [0.1, 0.15) is 55.4 Å². The van der Waals surface area contributed by atoms with E-state index < -0.39 is 111 Å². The summed E-state index contributed by atoms with van der Waals surface area (Å²) >= 11 is 0. The van der Waals surface area contributed by atoms with E-state index in [0.717, 1.165) is 22.3 Å². The van der Waals surface area contributed by atoms with Crippen molar-refractivity contribution in [2.75, 3.05) is 13.2 Å². The molecule has 11 unspecified atom stereocenters. The van der Waals surface area contributed by atoms with Crippen molar-refractivity contribution in [3.8, 4) is 0 Å². The van der Waals surface area contributed by atoms with Crippen molar-refractivity contribution in [2.45, 2.75) is 128 Å². The minimum Gasteiger partial charge on any atom is -0.463 e. The molecule has 3 aliphatic rings. The van der Waals surface area contributed by atoms with Crippen molar-refractivity contribution in [2.24, 2.45) is 5.41 Å². The molecule has 3 rings (SSSR count). The molecule has 0 aromatic carbocycles. The molecule has 0 spiro atoms. The maximum atomic E-state index is 13.3. The van der Waals surface area contributed by atoms with Crippen LogP contribution in [0.25, 0.3) is 0 Å². The average molecular weight is 829 g/mol. The van der Waals surface area contributed by atoms with Crippen LogP contribution in [0.2, 0.25) is 0 Å². The smallest absolute Gasteiger partial charge is 0.307 e. The van der Waals surface area contributed by atoms with Gasteiger partial charge in [0.15, 0.2) is 24.5 Å². The molecule has 0 bridgehead atoms. The van der Waals surface area contributed by atoms with Crippen LogP contribution < -0.4 is 0 Å². The Labute approximate surface area is 345 Å². The van der Waals surface area contributed by atoms with Crippen LogP contribution in [0.3, 0.4) is 0 Å². The summed E-state index contributed by atoms with van der Waals surface area (Å²) < 4.78 is 26.8. The van der Waals surface area contributed by atoms with E-state index in [2.05, 4.69) is 6.58 Å². The summed E-state index contributed by atoms with van der Waals surface area (Å²) in [7, 11) is 0. The monoisotopic (exact) mass is 828 g/mol. The third-order valence-corrected chi connectivity index (χ3v) is 10.1. The summed E-state index contributed by atoms with van der Waals surface area (Å²) in [5.74, 6) is -2.08. The Kier molecular flexibility index (Phi) is 19.2. The molecule has 15 heteroatoms. The third-order valence-electron chi connectivity index (χ3n) is 10.1. The standard InChI is InChI=1S/C44H60O15/c1-8-9-13-25(2)14-10-11-15-26(3)16-12-17-27(4)18-19-29-28(5)35(48)30(22-44(29,6)7)56-34(47)21-20-33(46)55-24-32-41(38(51)39(52)42(54)57-32)59-43-40(53)37(50)36(49)31(23-45)58-43/h8-19,30-32,36-43,45,49-54H,1,20-24H2,2-7H3. The van der Waals surface area contributed by atoms with Crippen molar-refractivity contribution >= 4 is 17.7 Å². The SMILES string of the molecule is C=CC=CC(C)=CC=CC=C(C)C=CC=C(C)C=CC1=C(C)C(=O)C(OC(=O)CCC(=O)OCC2OC(O)C(O)C(O)C2OC2OC(CO)C(O)C(O)C2O)CC1(C)C. The van der Waals surface area contributed by atoms with Gasteiger partial charge in [-0.25, -0.2) is 0 Å². The van der Waals surface area contributed by atoms with Crippen LogP contribution in [0.1, 0.15) is 60.8 Å². The van der Waals surface area contributed by atoms with Crippen molar-refractivity contribution < 1.29 is 73.8 Å². The molecule has 2 saturated heterocycles. The molecule has 11 atom stereocenters. The van der Waals surface area contributed by atoms with Crippen LogP contribution >= 0.6 is 0 Å². The van der Waals surface area contributed by atoms with Gasteiger partial charge < -0.3 is 59.4 Å². The molecule has 7 N–H and O–H groups in total. The molecule has 2 heterocycles. The molecular weight excluding hydrogens is 768 g/mol. The molecule has 0 saturated carbocycles. The Morgan fingerprint density at radius 1 is 0.780 bits per heavy atom. The van der Waals surface area contributed by atoms with Crippen LogP contribution in [0.4, 0.5) is 0 Å². The number of carbonyl (C=O) groups excluding carboxylic acids is 3. The molecule has 1 aliphatic carbocycles. The van der Waals surface area contributed by atoms with E-state index in [0.29, 0.717) is 5.57 Å². The van der Waals surface area contributed by atoms with Gasteiger partial charge in [0, 0.05) is 6.42 Å². The average Bonchev–Trinajstić information content (AvgIpc) is 3.19. The second-order valence-corrected chi connectivity index (χ2v) is 15.4. The van der Waals surface area contributed by atoms with Crippen molar-refractivity contribution in [3.63, 3.8) is 0 Å². The second-order valence-electron chi connectivity index (χ2n) is 15.4. The van der Waals surface area contributed by atoms with Crippen LogP contribution in [0.15, 0.2) is 107 Å². The number of carbonyl (C=O) groups is 3. The summed E-state index contributed by atoms with van der Waals surface area (Å²) in [6.07, 6.45) is 4.24. The van der Waals surface area contributed by atoms with E-state index in [4.69, 9.17) is 23.7 Å². The van der Waals surface area contributed by atoms with Crippen LogP contribution in [-0.4, -0.2) is 134 Å². The highest BCUT2D eigenvalue weighted by molar-refractivity contribution is 6.01. The zero-order chi connectivity index (χ0) is 44.0. The fraction of sp³-hybridized carbons (Fsp3) is 0.523. The predicted octanol–water partition coefficient (Wildman–Crippen LogP) is 2.41. The van der Waals surface area contributed by atoms with Gasteiger partial charge in [-0.2, -0.15) is 0 Å². The number of rotatable bonds is 17. The largest absolute Gasteiger partial charge is 0.463 e. The number of allylic oxidation sites excluding steroid dienone is 16. The number of esters is 2. The lowest BCUT2D eigenvalue weighted by Crippen LogP contribution is -2.64. The first kappa shape index (κ1) is 49.2. The molecule has 15 nitrogen and oxygen atoms in total. The van der Waals surface area contributed by atoms with Gasteiger partial charge in [0.2, 0.25) is 0 Å². The molecule has 0 aromatic rings. The summed E-state index contributed by atoms with van der Waals surface area (Å²) in [6, 6.07) is 0. The molecule has 0 amide bonds. The Hall–Kier alpha value is -4.13. The summed E-state index contributed by atoms with van der Waals surface area (Å²) in [5, 5.41) is 70.8. The third kappa shape index (κ3) is 14.2. The predicted molar refractivity (Wildman–Crippen MR) is 216 cm³/mol. The number of aliphatic hydroxyl groups excluding tert-OH is 7. The van der Waals surface area contributed by atoms with Gasteiger partial charge >= 0.3 is 11.9 Å². The first-order chi connectivity index (χ1) is 27.8. The summed E-state index contributed by atoms with van der Waals surface area (Å²) in [4.78, 5) is 38.8. The lowest BCUT2D eigenvalue weighted by atomic mass is 9.71. The molecular formula is C44H60O15. The highest BCUT2D eigenvalue weighted by Gasteiger charge is 2.50. The topological polar surface area (TPSA) is 239 Å². The minimum atomic E-state index is -1.93. The van der Waals surface area contributed by atoms with Crippen molar-refractivity contribution in [1.82, 2.24) is 0 Å². The highest BCUT2D eigenvalue weighted by Crippen LogP contribution is 2.41. The minimum absolute atomic E-state index is 0.212. The number of aliphatic hydroxyl groups is 7. The maximum Gasteiger partial charge on any atom is 0.307 e. The van der Waals surface area contributed by atoms with E-state index in [1.54, 1.807) is 13.0 Å². The van der Waals surface area contributed by atoms with Gasteiger partial charge in [0.25, 0.3) is 0 Å². The van der Waals surface area contributed by atoms with Crippen molar-refractivity contribution in [3.05, 3.63) is 107 Å². The molecule has 0 radical (unpaired) electrons. The van der Waals surface area contributed by atoms with E-state index in [-0.39, 0.29) is 12.2 Å². The van der Waals surface area contributed by atoms with Crippen molar-refractivity contribution in [1.29, 1.82) is 0 Å². The van der Waals surface area contributed by atoms with E-state index in [1.807, 2.05) is 101 Å². The Bertz CT molecular complexity index is 1730. The molecule has 2 fully saturated rings. The highest BCUT2D eigenvalue weighted by atomic mass is 16.7. The van der Waals surface area contributed by atoms with Crippen LogP contribution in [-0.2, 0) is 38.1 Å². The number of Topliss-reactive ketones (excluding diaryl/α,β-unsaturated/α-hetero) is 1. The Morgan fingerprint density at radius 3 is 2.00 bits per heavy atom. The first-order valence-corrected chi connectivity index (χ1v) is 19.4. The molecule has 2 aliphatic heterocycles. The van der Waals surface area contributed by atoms with E-state index in [9.17, 15) is 50.1 Å². The number of ketones is 1. The van der Waals surface area contributed by atoms with E-state index in [1.165, 1.54) is 0 Å². The zero-order valence-corrected chi connectivity index (χ0v) is 34.4. The van der Waals surface area contributed by atoms with Crippen LogP contribution in [0.5, 0.6) is 0 Å². The van der Waals surface area contributed by atoms with Gasteiger partial charge in [0.05, 0.1) is 19.4 Å². The lowest BCUT2D eigenvalue weighted by molar-refractivity contribution is -0.355. The number of hydrogen-bond donors (Lipinski definition) is 7. The lowest BCUT2D eigenvalue weighted by Gasteiger charge is -2.45. The molecule has 326 valence electrons. The Morgan fingerprint density at radius 2 is 1.37 bits per heavy atom. The van der Waals surface area contributed by atoms with Gasteiger partial charge in [-0.05, 0) is 44.3 Å². The quantitative estimate of drug-likeness (QED) is 0.0824. The van der Waals surface area contributed by atoms with Gasteiger partial charge in [-0.3, -0.25) is 14.4 Å². The molecule has 0 aromatic heterocycles. The fourth-order valence-electron chi connectivity index (χ4n) is 6.59. The fourth-order valence-corrected chi connectivity index (χ4v) is 6.59. The first-order valence-electron chi connectivity index (χ1n) is 19.4.